The van der Waals surface area contributed by atoms with Gasteiger partial charge >= 0.3 is 0 Å². The van der Waals surface area contributed by atoms with Crippen molar-refractivity contribution in [2.45, 2.75) is 12.0 Å². The van der Waals surface area contributed by atoms with Crippen LogP contribution in [-0.2, 0) is 10.4 Å². The van der Waals surface area contributed by atoms with E-state index < -0.39 is 46.7 Å². The van der Waals surface area contributed by atoms with Gasteiger partial charge in [0.15, 0.2) is 17.3 Å². The number of rotatable bonds is 3. The lowest BCUT2D eigenvalue weighted by atomic mass is 9.85. The Hall–Kier alpha value is -3.50. The van der Waals surface area contributed by atoms with Gasteiger partial charge in [-0.15, -0.1) is 0 Å². The monoisotopic (exact) mass is 379 g/mol. The van der Waals surface area contributed by atoms with Gasteiger partial charge in [-0.2, -0.15) is 0 Å². The van der Waals surface area contributed by atoms with Crippen molar-refractivity contribution in [3.63, 3.8) is 0 Å². The zero-order valence-electron chi connectivity index (χ0n) is 13.5. The predicted octanol–water partition coefficient (Wildman–Crippen LogP) is 1.16. The third-order valence-electron chi connectivity index (χ3n) is 3.97. The van der Waals surface area contributed by atoms with Gasteiger partial charge in [-0.1, -0.05) is 0 Å². The number of aliphatic hydroxyl groups is 1. The number of hydrogen-bond donors (Lipinski definition) is 7. The van der Waals surface area contributed by atoms with Gasteiger partial charge in [-0.3, -0.25) is 10.0 Å². The second kappa shape index (κ2) is 6.34. The van der Waals surface area contributed by atoms with Gasteiger partial charge in [0.05, 0.1) is 12.0 Å². The molecule has 10 heteroatoms. The molecule has 7 N–H and O–H groups in total. The van der Waals surface area contributed by atoms with Crippen LogP contribution in [0.1, 0.15) is 17.5 Å². The summed E-state index contributed by atoms with van der Waals surface area (Å²) in [5, 5.41) is 58.4. The summed E-state index contributed by atoms with van der Waals surface area (Å²) in [6, 6.07) is 3.71. The van der Waals surface area contributed by atoms with Crippen molar-refractivity contribution in [2.75, 3.05) is 0 Å². The van der Waals surface area contributed by atoms with Crippen molar-refractivity contribution >= 4 is 11.7 Å². The molecule has 1 heterocycles. The standard InChI is InChI=1S/C17H14FNO8/c18-9-1-7(2-11(22)16(9)24)13-5-17(25,6-14(23)19-26)15-10(21)3-8(20)4-12(15)27-13/h1-5,20-22,24-26H,6H2,(H,19,23). The number of halogens is 1. The maximum atomic E-state index is 13.7. The number of ether oxygens (including phenoxy) is 1. The first-order valence-corrected chi connectivity index (χ1v) is 7.49. The van der Waals surface area contributed by atoms with E-state index in [-0.39, 0.29) is 22.6 Å². The molecule has 0 aliphatic carbocycles. The Morgan fingerprint density at radius 1 is 1.11 bits per heavy atom. The van der Waals surface area contributed by atoms with E-state index in [1.165, 1.54) is 5.48 Å². The number of amides is 1. The molecule has 2 aromatic rings. The van der Waals surface area contributed by atoms with E-state index in [1.54, 1.807) is 0 Å². The van der Waals surface area contributed by atoms with Crippen molar-refractivity contribution in [1.82, 2.24) is 5.48 Å². The average molecular weight is 379 g/mol. The van der Waals surface area contributed by atoms with E-state index in [2.05, 4.69) is 0 Å². The van der Waals surface area contributed by atoms with E-state index in [0.717, 1.165) is 30.3 Å². The molecular weight excluding hydrogens is 365 g/mol. The number of aromatic hydroxyl groups is 4. The van der Waals surface area contributed by atoms with Gasteiger partial charge < -0.3 is 30.3 Å². The topological polar surface area (TPSA) is 160 Å². The second-order valence-electron chi connectivity index (χ2n) is 5.91. The molecule has 27 heavy (non-hydrogen) atoms. The quantitative estimate of drug-likeness (QED) is 0.238. The maximum Gasteiger partial charge on any atom is 0.246 e. The first-order valence-electron chi connectivity index (χ1n) is 7.49. The molecule has 1 aliphatic rings. The fourth-order valence-electron chi connectivity index (χ4n) is 2.83. The Balaban J connectivity index is 2.20. The third-order valence-corrected chi connectivity index (χ3v) is 3.97. The van der Waals surface area contributed by atoms with Crippen LogP contribution in [0.25, 0.3) is 5.76 Å². The number of phenolic OH excluding ortho intramolecular Hbond substituents is 4. The molecule has 0 spiro atoms. The van der Waals surface area contributed by atoms with Crippen LogP contribution in [0, 0.1) is 5.82 Å². The van der Waals surface area contributed by atoms with Crippen LogP contribution in [0.15, 0.2) is 30.3 Å². The van der Waals surface area contributed by atoms with Gasteiger partial charge in [0.1, 0.15) is 28.6 Å². The van der Waals surface area contributed by atoms with E-state index in [1.807, 2.05) is 0 Å². The molecule has 1 amide bonds. The molecule has 0 bridgehead atoms. The SMILES string of the molecule is O=C(CC1(O)C=C(c2cc(O)c(O)c(F)c2)Oc2cc(O)cc(O)c21)NO. The summed E-state index contributed by atoms with van der Waals surface area (Å²) < 4.78 is 19.2. The first-order chi connectivity index (χ1) is 12.6. The molecule has 0 fully saturated rings. The minimum atomic E-state index is -2.21. The zero-order valence-corrected chi connectivity index (χ0v) is 13.5. The molecule has 9 nitrogen and oxygen atoms in total. The van der Waals surface area contributed by atoms with Crippen LogP contribution >= 0.6 is 0 Å². The highest BCUT2D eigenvalue weighted by molar-refractivity contribution is 5.80. The van der Waals surface area contributed by atoms with Crippen LogP contribution in [0.5, 0.6) is 28.7 Å². The predicted molar refractivity (Wildman–Crippen MR) is 86.5 cm³/mol. The zero-order chi connectivity index (χ0) is 19.9. The van der Waals surface area contributed by atoms with E-state index in [9.17, 15) is 34.7 Å². The summed E-state index contributed by atoms with van der Waals surface area (Å²) in [6.07, 6.45) is 0.209. The van der Waals surface area contributed by atoms with Gasteiger partial charge in [-0.05, 0) is 18.2 Å². The number of carbonyl (C=O) groups excluding carboxylic acids is 1. The number of carbonyl (C=O) groups is 1. The molecular formula is C17H14FNO8. The van der Waals surface area contributed by atoms with E-state index in [0.29, 0.717) is 0 Å². The smallest absolute Gasteiger partial charge is 0.246 e. The lowest BCUT2D eigenvalue weighted by Gasteiger charge is -2.32. The van der Waals surface area contributed by atoms with Crippen LogP contribution in [-0.4, -0.2) is 36.6 Å². The Morgan fingerprint density at radius 2 is 1.81 bits per heavy atom. The molecule has 0 saturated carbocycles. The summed E-state index contributed by atoms with van der Waals surface area (Å²) in [7, 11) is 0. The number of benzene rings is 2. The summed E-state index contributed by atoms with van der Waals surface area (Å²) in [6.45, 7) is 0. The minimum Gasteiger partial charge on any atom is -0.508 e. The van der Waals surface area contributed by atoms with Crippen molar-refractivity contribution in [2.24, 2.45) is 0 Å². The Morgan fingerprint density at radius 3 is 2.44 bits per heavy atom. The third kappa shape index (κ3) is 3.18. The highest BCUT2D eigenvalue weighted by Gasteiger charge is 2.40. The summed E-state index contributed by atoms with van der Waals surface area (Å²) in [4.78, 5) is 11.6. The van der Waals surface area contributed by atoms with Gasteiger partial charge in [-0.25, -0.2) is 9.87 Å². The number of nitrogens with one attached hydrogen (secondary N) is 1. The molecule has 0 aromatic heterocycles. The molecule has 0 saturated heterocycles. The highest BCUT2D eigenvalue weighted by atomic mass is 19.1. The average Bonchev–Trinajstić information content (AvgIpc) is 2.57. The molecule has 1 unspecified atom stereocenters. The molecule has 0 radical (unpaired) electrons. The molecule has 1 aliphatic heterocycles. The Labute approximate surface area is 150 Å². The molecule has 3 rings (SSSR count). The van der Waals surface area contributed by atoms with Gasteiger partial charge in [0, 0.05) is 17.7 Å². The largest absolute Gasteiger partial charge is 0.508 e. The van der Waals surface area contributed by atoms with Crippen LogP contribution in [0.3, 0.4) is 0 Å². The normalized spacial score (nSPS) is 18.3. The summed E-state index contributed by atoms with van der Waals surface area (Å²) >= 11 is 0. The lowest BCUT2D eigenvalue weighted by Crippen LogP contribution is -2.34. The molecule has 1 atom stereocenters. The fraction of sp³-hybridized carbons (Fsp3) is 0.118. The summed E-state index contributed by atoms with van der Waals surface area (Å²) in [5.74, 6) is -5.45. The maximum absolute atomic E-state index is 13.7. The number of hydrogen-bond acceptors (Lipinski definition) is 8. The van der Waals surface area contributed by atoms with Crippen molar-refractivity contribution in [3.05, 3.63) is 47.3 Å². The van der Waals surface area contributed by atoms with Gasteiger partial charge in [0.2, 0.25) is 5.91 Å². The molecule has 2 aromatic carbocycles. The van der Waals surface area contributed by atoms with Gasteiger partial charge in [0.25, 0.3) is 0 Å². The minimum absolute atomic E-state index is 0.112. The van der Waals surface area contributed by atoms with Crippen molar-refractivity contribution in [1.29, 1.82) is 0 Å². The first kappa shape index (κ1) is 18.3. The lowest BCUT2D eigenvalue weighted by molar-refractivity contribution is -0.133. The van der Waals surface area contributed by atoms with Crippen molar-refractivity contribution in [3.8, 4) is 28.7 Å². The Bertz CT molecular complexity index is 951. The van der Waals surface area contributed by atoms with E-state index >= 15 is 0 Å². The number of fused-ring (bicyclic) bond motifs is 1. The van der Waals surface area contributed by atoms with Crippen molar-refractivity contribution < 1.29 is 44.7 Å². The summed E-state index contributed by atoms with van der Waals surface area (Å²) in [5.41, 5.74) is -1.24. The second-order valence-corrected chi connectivity index (χ2v) is 5.91. The highest BCUT2D eigenvalue weighted by Crippen LogP contribution is 2.48. The fourth-order valence-corrected chi connectivity index (χ4v) is 2.83. The number of phenols is 4. The molecule has 142 valence electrons. The number of hydroxylamine groups is 1. The van der Waals surface area contributed by atoms with Crippen LogP contribution in [0.2, 0.25) is 0 Å². The van der Waals surface area contributed by atoms with Crippen LogP contribution in [0.4, 0.5) is 4.39 Å². The van der Waals surface area contributed by atoms with Crippen LogP contribution < -0.4 is 10.2 Å². The Kier molecular flexibility index (Phi) is 4.30. The van der Waals surface area contributed by atoms with E-state index in [4.69, 9.17) is 9.94 Å².